The predicted octanol–water partition coefficient (Wildman–Crippen LogP) is 4.91. The van der Waals surface area contributed by atoms with Crippen LogP contribution in [0.4, 0.5) is 0 Å². The van der Waals surface area contributed by atoms with E-state index in [1.54, 1.807) is 55.6 Å². The first-order chi connectivity index (χ1) is 13.9. The van der Waals surface area contributed by atoms with Gasteiger partial charge in [-0.2, -0.15) is 0 Å². The molecular weight excluding hydrogens is 410 g/mol. The zero-order valence-corrected chi connectivity index (χ0v) is 18.3. The molecule has 152 valence electrons. The van der Waals surface area contributed by atoms with Crippen LogP contribution in [0.25, 0.3) is 0 Å². The van der Waals surface area contributed by atoms with E-state index >= 15 is 0 Å². The van der Waals surface area contributed by atoms with Crippen LogP contribution < -0.4 is 4.74 Å². The molecule has 0 aliphatic heterocycles. The maximum Gasteiger partial charge on any atom is 0.256 e. The van der Waals surface area contributed by atoms with Gasteiger partial charge in [-0.25, -0.2) is 4.98 Å². The first kappa shape index (κ1) is 21.2. The number of amides is 1. The van der Waals surface area contributed by atoms with Gasteiger partial charge < -0.3 is 14.2 Å². The third kappa shape index (κ3) is 4.92. The molecule has 0 fully saturated rings. The Morgan fingerprint density at radius 1 is 1.31 bits per heavy atom. The maximum atomic E-state index is 13.1. The Labute approximate surface area is 179 Å². The Bertz CT molecular complexity index is 1000. The lowest BCUT2D eigenvalue weighted by atomic mass is 10.1. The molecule has 2 heterocycles. The third-order valence-electron chi connectivity index (χ3n) is 4.53. The van der Waals surface area contributed by atoms with Crippen LogP contribution in [0.5, 0.6) is 5.75 Å². The average Bonchev–Trinajstić information content (AvgIpc) is 3.03. The number of carbonyl (C=O) groups excluding carboxylic acids is 1. The van der Waals surface area contributed by atoms with Crippen molar-refractivity contribution in [1.82, 2.24) is 15.0 Å². The molecule has 0 atom stereocenters. The first-order valence-electron chi connectivity index (χ1n) is 8.98. The fraction of sp³-hybridized carbons (Fsp3) is 0.286. The number of hydrogen-bond acceptors (Lipinski definition) is 6. The molecule has 0 radical (unpaired) electrons. The van der Waals surface area contributed by atoms with Crippen LogP contribution in [-0.2, 0) is 12.3 Å². The van der Waals surface area contributed by atoms with Gasteiger partial charge >= 0.3 is 0 Å². The largest absolute Gasteiger partial charge is 0.496 e. The minimum atomic E-state index is -0.124. The Kier molecular flexibility index (Phi) is 6.82. The number of carbonyl (C=O) groups is 1. The van der Waals surface area contributed by atoms with Gasteiger partial charge in [-0.1, -0.05) is 16.8 Å². The standard InChI is InChI=1S/C21H22ClN3O3S/c1-13-18(14(2)28-24-13)12-29-20-17(6-5-9-23-20)21(26)25(3)11-15-10-16(22)7-8-19(15)27-4/h5-10H,11-12H2,1-4H3. The molecule has 3 aromatic rings. The second-order valence-corrected chi connectivity index (χ2v) is 7.97. The van der Waals surface area contributed by atoms with Crippen molar-refractivity contribution in [2.24, 2.45) is 0 Å². The van der Waals surface area contributed by atoms with Gasteiger partial charge in [-0.05, 0) is 44.2 Å². The van der Waals surface area contributed by atoms with Crippen molar-refractivity contribution in [3.63, 3.8) is 0 Å². The van der Waals surface area contributed by atoms with Gasteiger partial charge in [-0.15, -0.1) is 11.8 Å². The normalized spacial score (nSPS) is 10.8. The summed E-state index contributed by atoms with van der Waals surface area (Å²) in [5.74, 6) is 1.98. The lowest BCUT2D eigenvalue weighted by Crippen LogP contribution is -2.27. The summed E-state index contributed by atoms with van der Waals surface area (Å²) in [6, 6.07) is 8.92. The van der Waals surface area contributed by atoms with Crippen LogP contribution in [0.2, 0.25) is 5.02 Å². The van der Waals surface area contributed by atoms with E-state index < -0.39 is 0 Å². The number of halogens is 1. The number of rotatable bonds is 7. The lowest BCUT2D eigenvalue weighted by Gasteiger charge is -2.20. The third-order valence-corrected chi connectivity index (χ3v) is 5.80. The highest BCUT2D eigenvalue weighted by Crippen LogP contribution is 2.29. The molecule has 2 aromatic heterocycles. The first-order valence-corrected chi connectivity index (χ1v) is 10.3. The Hall–Kier alpha value is -2.51. The van der Waals surface area contributed by atoms with Gasteiger partial charge in [0.2, 0.25) is 0 Å². The van der Waals surface area contributed by atoms with Crippen LogP contribution in [0.1, 0.15) is 32.9 Å². The monoisotopic (exact) mass is 431 g/mol. The summed E-state index contributed by atoms with van der Waals surface area (Å²) in [5.41, 5.74) is 3.26. The zero-order chi connectivity index (χ0) is 21.0. The molecule has 3 rings (SSSR count). The summed E-state index contributed by atoms with van der Waals surface area (Å²) in [6.45, 7) is 4.15. The average molecular weight is 432 g/mol. The van der Waals surface area contributed by atoms with E-state index in [2.05, 4.69) is 10.1 Å². The summed E-state index contributed by atoms with van der Waals surface area (Å²) in [5, 5.41) is 5.24. The van der Waals surface area contributed by atoms with E-state index in [9.17, 15) is 4.79 Å². The van der Waals surface area contributed by atoms with Crippen molar-refractivity contribution < 1.29 is 14.1 Å². The number of thioether (sulfide) groups is 1. The number of nitrogens with zero attached hydrogens (tertiary/aromatic N) is 3. The van der Waals surface area contributed by atoms with Crippen molar-refractivity contribution in [3.8, 4) is 5.75 Å². The lowest BCUT2D eigenvalue weighted by molar-refractivity contribution is 0.0780. The fourth-order valence-electron chi connectivity index (χ4n) is 2.92. The van der Waals surface area contributed by atoms with E-state index in [4.69, 9.17) is 20.9 Å². The molecule has 8 heteroatoms. The van der Waals surface area contributed by atoms with Crippen molar-refractivity contribution in [2.75, 3.05) is 14.2 Å². The Morgan fingerprint density at radius 2 is 2.10 bits per heavy atom. The van der Waals surface area contributed by atoms with Crippen molar-refractivity contribution in [1.29, 1.82) is 0 Å². The number of hydrogen-bond donors (Lipinski definition) is 0. The summed E-state index contributed by atoms with van der Waals surface area (Å²) < 4.78 is 10.6. The smallest absolute Gasteiger partial charge is 0.256 e. The van der Waals surface area contributed by atoms with Gasteiger partial charge in [0.1, 0.15) is 16.5 Å². The number of benzene rings is 1. The molecule has 0 saturated heterocycles. The number of aromatic nitrogens is 2. The minimum Gasteiger partial charge on any atom is -0.496 e. The van der Waals surface area contributed by atoms with Gasteiger partial charge in [0.05, 0.1) is 18.4 Å². The Morgan fingerprint density at radius 3 is 2.79 bits per heavy atom. The molecule has 0 unspecified atom stereocenters. The Balaban J connectivity index is 1.78. The van der Waals surface area contributed by atoms with Crippen molar-refractivity contribution in [2.45, 2.75) is 31.2 Å². The number of ether oxygens (including phenoxy) is 1. The van der Waals surface area contributed by atoms with Crippen LogP contribution in [0, 0.1) is 13.8 Å². The zero-order valence-electron chi connectivity index (χ0n) is 16.7. The topological polar surface area (TPSA) is 68.5 Å². The predicted molar refractivity (Wildman–Crippen MR) is 114 cm³/mol. The molecular formula is C21H22ClN3O3S. The highest BCUT2D eigenvalue weighted by atomic mass is 35.5. The number of aryl methyl sites for hydroxylation is 2. The number of methoxy groups -OCH3 is 1. The van der Waals surface area contributed by atoms with Crippen LogP contribution in [0.3, 0.4) is 0 Å². The molecule has 0 N–H and O–H groups in total. The fourth-order valence-corrected chi connectivity index (χ4v) is 4.25. The number of pyridine rings is 1. The quantitative estimate of drug-likeness (QED) is 0.495. The van der Waals surface area contributed by atoms with E-state index in [0.29, 0.717) is 33.7 Å². The van der Waals surface area contributed by atoms with Gasteiger partial charge in [0, 0.05) is 41.7 Å². The molecule has 1 amide bonds. The second kappa shape index (κ2) is 9.33. The van der Waals surface area contributed by atoms with Crippen molar-refractivity contribution >= 4 is 29.3 Å². The minimum absolute atomic E-state index is 0.124. The molecule has 0 saturated carbocycles. The highest BCUT2D eigenvalue weighted by Gasteiger charge is 2.19. The second-order valence-electron chi connectivity index (χ2n) is 6.56. The summed E-state index contributed by atoms with van der Waals surface area (Å²) in [7, 11) is 3.34. The molecule has 1 aromatic carbocycles. The highest BCUT2D eigenvalue weighted by molar-refractivity contribution is 7.98. The van der Waals surface area contributed by atoms with E-state index in [-0.39, 0.29) is 5.91 Å². The van der Waals surface area contributed by atoms with Gasteiger partial charge in [-0.3, -0.25) is 4.79 Å². The molecule has 6 nitrogen and oxygen atoms in total. The van der Waals surface area contributed by atoms with E-state index in [1.807, 2.05) is 13.8 Å². The molecule has 29 heavy (non-hydrogen) atoms. The van der Waals surface area contributed by atoms with Gasteiger partial charge in [0.25, 0.3) is 5.91 Å². The van der Waals surface area contributed by atoms with E-state index in [1.165, 1.54) is 11.8 Å². The van der Waals surface area contributed by atoms with Crippen LogP contribution in [-0.4, -0.2) is 35.1 Å². The van der Waals surface area contributed by atoms with Gasteiger partial charge in [0.15, 0.2) is 0 Å². The summed E-state index contributed by atoms with van der Waals surface area (Å²) in [6.07, 6.45) is 1.69. The maximum absolute atomic E-state index is 13.1. The van der Waals surface area contributed by atoms with Crippen LogP contribution in [0.15, 0.2) is 46.1 Å². The van der Waals surface area contributed by atoms with Crippen LogP contribution >= 0.6 is 23.4 Å². The van der Waals surface area contributed by atoms with Crippen molar-refractivity contribution in [3.05, 3.63) is 69.7 Å². The molecule has 0 aliphatic rings. The molecule has 0 aliphatic carbocycles. The SMILES string of the molecule is COc1ccc(Cl)cc1CN(C)C(=O)c1cccnc1SCc1c(C)noc1C. The summed E-state index contributed by atoms with van der Waals surface area (Å²) in [4.78, 5) is 19.2. The molecule has 0 bridgehead atoms. The summed E-state index contributed by atoms with van der Waals surface area (Å²) >= 11 is 7.60. The molecule has 0 spiro atoms. The van der Waals surface area contributed by atoms with E-state index in [0.717, 1.165) is 22.6 Å².